The number of H-pyrrole nitrogens is 1. The van der Waals surface area contributed by atoms with Gasteiger partial charge in [0.25, 0.3) is 0 Å². The minimum Gasteiger partial charge on any atom is -0.497 e. The fourth-order valence-electron chi connectivity index (χ4n) is 3.20. The molecule has 5 nitrogen and oxygen atoms in total. The Bertz CT molecular complexity index is 872. The highest BCUT2D eigenvalue weighted by Gasteiger charge is 2.21. The van der Waals surface area contributed by atoms with Crippen LogP contribution in [0.5, 0.6) is 5.75 Å². The number of carbonyl (C=O) groups is 1. The molecule has 0 saturated carbocycles. The van der Waals surface area contributed by atoms with Gasteiger partial charge in [0.15, 0.2) is 0 Å². The van der Waals surface area contributed by atoms with Crippen molar-refractivity contribution in [2.75, 3.05) is 27.4 Å². The SMILES string of the molecule is COCCNC(=O)CC(c1cccc(OC)c1)c1c[nH]c2ccccc12. The second-order valence-corrected chi connectivity index (χ2v) is 6.17. The van der Waals surface area contributed by atoms with Crippen LogP contribution >= 0.6 is 0 Å². The summed E-state index contributed by atoms with van der Waals surface area (Å²) in [6.07, 6.45) is 2.36. The summed E-state index contributed by atoms with van der Waals surface area (Å²) in [5.41, 5.74) is 3.22. The summed E-state index contributed by atoms with van der Waals surface area (Å²) in [7, 11) is 3.27. The number of ether oxygens (including phenoxy) is 2. The Labute approximate surface area is 153 Å². The van der Waals surface area contributed by atoms with Crippen LogP contribution < -0.4 is 10.1 Å². The van der Waals surface area contributed by atoms with Gasteiger partial charge < -0.3 is 19.8 Å². The standard InChI is InChI=1S/C21H24N2O3/c1-25-11-10-22-21(24)13-18(15-6-5-7-16(12-15)26-2)19-14-23-20-9-4-3-8-17(19)20/h3-9,12,14,18,23H,10-11,13H2,1-2H3,(H,22,24). The number of hydrogen-bond acceptors (Lipinski definition) is 3. The summed E-state index contributed by atoms with van der Waals surface area (Å²) in [5, 5.41) is 4.05. The predicted molar refractivity (Wildman–Crippen MR) is 103 cm³/mol. The molecule has 0 saturated heterocycles. The van der Waals surface area contributed by atoms with Crippen molar-refractivity contribution in [1.82, 2.24) is 10.3 Å². The minimum absolute atomic E-state index is 0.000140. The lowest BCUT2D eigenvalue weighted by atomic mass is 9.88. The molecule has 1 atom stereocenters. The Hall–Kier alpha value is -2.79. The van der Waals surface area contributed by atoms with Gasteiger partial charge in [0.1, 0.15) is 5.75 Å². The summed E-state index contributed by atoms with van der Waals surface area (Å²) in [6, 6.07) is 16.0. The largest absolute Gasteiger partial charge is 0.497 e. The average molecular weight is 352 g/mol. The van der Waals surface area contributed by atoms with Gasteiger partial charge in [-0.15, -0.1) is 0 Å². The van der Waals surface area contributed by atoms with Gasteiger partial charge in [0.2, 0.25) is 5.91 Å². The van der Waals surface area contributed by atoms with Crippen LogP contribution in [0.1, 0.15) is 23.5 Å². The summed E-state index contributed by atoms with van der Waals surface area (Å²) in [6.45, 7) is 1.01. The van der Waals surface area contributed by atoms with Crippen LogP contribution in [0, 0.1) is 0 Å². The molecule has 1 aromatic heterocycles. The lowest BCUT2D eigenvalue weighted by molar-refractivity contribution is -0.121. The van der Waals surface area contributed by atoms with E-state index in [1.807, 2.05) is 48.7 Å². The van der Waals surface area contributed by atoms with E-state index >= 15 is 0 Å². The lowest BCUT2D eigenvalue weighted by Gasteiger charge is -2.18. The molecule has 0 spiro atoms. The van der Waals surface area contributed by atoms with Gasteiger partial charge in [0.05, 0.1) is 13.7 Å². The maximum atomic E-state index is 12.5. The van der Waals surface area contributed by atoms with E-state index in [9.17, 15) is 4.79 Å². The van der Waals surface area contributed by atoms with Crippen molar-refractivity contribution in [3.8, 4) is 5.75 Å². The third kappa shape index (κ3) is 4.06. The first-order chi connectivity index (χ1) is 12.7. The fourth-order valence-corrected chi connectivity index (χ4v) is 3.20. The van der Waals surface area contributed by atoms with Gasteiger partial charge in [-0.3, -0.25) is 4.79 Å². The number of fused-ring (bicyclic) bond motifs is 1. The number of para-hydroxylation sites is 1. The average Bonchev–Trinajstić information content (AvgIpc) is 3.10. The van der Waals surface area contributed by atoms with Crippen LogP contribution in [0.4, 0.5) is 0 Å². The van der Waals surface area contributed by atoms with Gasteiger partial charge in [-0.2, -0.15) is 0 Å². The van der Waals surface area contributed by atoms with Crippen LogP contribution in [-0.4, -0.2) is 38.3 Å². The number of nitrogens with one attached hydrogen (secondary N) is 2. The topological polar surface area (TPSA) is 63.4 Å². The van der Waals surface area contributed by atoms with E-state index in [1.54, 1.807) is 14.2 Å². The molecule has 0 radical (unpaired) electrons. The lowest BCUT2D eigenvalue weighted by Crippen LogP contribution is -2.28. The highest BCUT2D eigenvalue weighted by molar-refractivity contribution is 5.86. The Morgan fingerprint density at radius 1 is 1.15 bits per heavy atom. The molecular formula is C21H24N2O3. The quantitative estimate of drug-likeness (QED) is 0.610. The second kappa shape index (κ2) is 8.54. The van der Waals surface area contributed by atoms with Crippen molar-refractivity contribution >= 4 is 16.8 Å². The van der Waals surface area contributed by atoms with Crippen molar-refractivity contribution in [2.24, 2.45) is 0 Å². The van der Waals surface area contributed by atoms with E-state index in [-0.39, 0.29) is 11.8 Å². The van der Waals surface area contributed by atoms with Crippen molar-refractivity contribution < 1.29 is 14.3 Å². The first-order valence-corrected chi connectivity index (χ1v) is 8.68. The number of aromatic amines is 1. The Kier molecular flexibility index (Phi) is 5.92. The van der Waals surface area contributed by atoms with Crippen LogP contribution in [0.2, 0.25) is 0 Å². The molecule has 0 aliphatic carbocycles. The Morgan fingerprint density at radius 3 is 2.81 bits per heavy atom. The summed E-state index contributed by atoms with van der Waals surface area (Å²) >= 11 is 0. The number of aromatic nitrogens is 1. The first kappa shape index (κ1) is 18.0. The highest BCUT2D eigenvalue weighted by atomic mass is 16.5. The maximum absolute atomic E-state index is 12.5. The molecule has 1 heterocycles. The van der Waals surface area contributed by atoms with E-state index < -0.39 is 0 Å². The zero-order chi connectivity index (χ0) is 18.4. The smallest absolute Gasteiger partial charge is 0.221 e. The van der Waals surface area contributed by atoms with E-state index in [4.69, 9.17) is 9.47 Å². The van der Waals surface area contributed by atoms with Crippen LogP contribution in [0.25, 0.3) is 10.9 Å². The number of benzene rings is 2. The van der Waals surface area contributed by atoms with Gasteiger partial charge >= 0.3 is 0 Å². The molecule has 2 aromatic carbocycles. The van der Waals surface area contributed by atoms with E-state index in [1.165, 1.54) is 0 Å². The minimum atomic E-state index is -0.0659. The summed E-state index contributed by atoms with van der Waals surface area (Å²) < 4.78 is 10.4. The molecular weight excluding hydrogens is 328 g/mol. The monoisotopic (exact) mass is 352 g/mol. The molecule has 26 heavy (non-hydrogen) atoms. The fraction of sp³-hybridized carbons (Fsp3) is 0.286. The van der Waals surface area contributed by atoms with Gasteiger partial charge in [0, 0.05) is 43.1 Å². The van der Waals surface area contributed by atoms with Crippen LogP contribution in [-0.2, 0) is 9.53 Å². The zero-order valence-corrected chi connectivity index (χ0v) is 15.1. The van der Waals surface area contributed by atoms with Crippen LogP contribution in [0.15, 0.2) is 54.7 Å². The molecule has 1 amide bonds. The number of methoxy groups -OCH3 is 2. The van der Waals surface area contributed by atoms with Crippen molar-refractivity contribution in [3.05, 3.63) is 65.9 Å². The number of rotatable bonds is 8. The second-order valence-electron chi connectivity index (χ2n) is 6.17. The molecule has 3 aromatic rings. The molecule has 0 aliphatic rings. The molecule has 0 aliphatic heterocycles. The van der Waals surface area contributed by atoms with Gasteiger partial charge in [-0.1, -0.05) is 30.3 Å². The van der Waals surface area contributed by atoms with Gasteiger partial charge in [-0.05, 0) is 29.3 Å². The van der Waals surface area contributed by atoms with E-state index in [0.29, 0.717) is 19.6 Å². The molecule has 1 unspecified atom stereocenters. The number of hydrogen-bond donors (Lipinski definition) is 2. The van der Waals surface area contributed by atoms with E-state index in [0.717, 1.165) is 27.8 Å². The Balaban J connectivity index is 1.94. The Morgan fingerprint density at radius 2 is 2.00 bits per heavy atom. The number of carbonyl (C=O) groups excluding carboxylic acids is 1. The van der Waals surface area contributed by atoms with Crippen molar-refractivity contribution in [1.29, 1.82) is 0 Å². The third-order valence-corrected chi connectivity index (χ3v) is 4.51. The number of amides is 1. The zero-order valence-electron chi connectivity index (χ0n) is 15.1. The third-order valence-electron chi connectivity index (χ3n) is 4.51. The van der Waals surface area contributed by atoms with Crippen molar-refractivity contribution in [2.45, 2.75) is 12.3 Å². The first-order valence-electron chi connectivity index (χ1n) is 8.68. The molecule has 3 rings (SSSR count). The van der Waals surface area contributed by atoms with Crippen molar-refractivity contribution in [3.63, 3.8) is 0 Å². The molecule has 5 heteroatoms. The molecule has 0 fully saturated rings. The highest BCUT2D eigenvalue weighted by Crippen LogP contribution is 2.34. The maximum Gasteiger partial charge on any atom is 0.221 e. The summed E-state index contributed by atoms with van der Waals surface area (Å²) in [4.78, 5) is 15.8. The van der Waals surface area contributed by atoms with E-state index in [2.05, 4.69) is 16.4 Å². The summed E-state index contributed by atoms with van der Waals surface area (Å²) in [5.74, 6) is 0.719. The molecule has 136 valence electrons. The van der Waals surface area contributed by atoms with Gasteiger partial charge in [-0.25, -0.2) is 0 Å². The normalized spacial score (nSPS) is 12.1. The predicted octanol–water partition coefficient (Wildman–Crippen LogP) is 3.46. The van der Waals surface area contributed by atoms with Crippen LogP contribution in [0.3, 0.4) is 0 Å². The molecule has 0 bridgehead atoms. The molecule has 2 N–H and O–H groups in total.